The van der Waals surface area contributed by atoms with Gasteiger partial charge in [0, 0.05) is 22.3 Å². The lowest BCUT2D eigenvalue weighted by Crippen LogP contribution is -2.26. The minimum atomic E-state index is -1.20. The number of hydrogen-bond acceptors (Lipinski definition) is 8. The molecule has 0 atom stereocenters. The summed E-state index contributed by atoms with van der Waals surface area (Å²) in [6.07, 6.45) is 0. The third-order valence-electron chi connectivity index (χ3n) is 19.6. The molecule has 0 heterocycles. The summed E-state index contributed by atoms with van der Waals surface area (Å²) in [7, 11) is 0. The maximum atomic E-state index is 10.9. The van der Waals surface area contributed by atoms with Gasteiger partial charge in [-0.1, -0.05) is 132 Å². The molecule has 0 bridgehead atoms. The van der Waals surface area contributed by atoms with Gasteiger partial charge < -0.3 is 0 Å². The van der Waals surface area contributed by atoms with E-state index in [4.69, 9.17) is 0 Å². The highest BCUT2D eigenvalue weighted by Crippen LogP contribution is 2.69. The second kappa shape index (κ2) is 18.3. The number of rotatable bonds is 0. The monoisotopic (exact) mass is 1140 g/mol. The highest BCUT2D eigenvalue weighted by molar-refractivity contribution is 6.14. The molecule has 0 unspecified atom stereocenters. The van der Waals surface area contributed by atoms with Crippen molar-refractivity contribution < 1.29 is 0 Å². The predicted octanol–water partition coefficient (Wildman–Crippen LogP) is 18.5. The van der Waals surface area contributed by atoms with Crippen LogP contribution >= 0.6 is 0 Å². The van der Waals surface area contributed by atoms with E-state index in [0.29, 0.717) is 22.3 Å². The molecule has 0 amide bonds. The first kappa shape index (κ1) is 55.5. The van der Waals surface area contributed by atoms with Crippen molar-refractivity contribution in [1.29, 1.82) is 42.1 Å². The molecule has 0 saturated carbocycles. The van der Waals surface area contributed by atoms with Crippen molar-refractivity contribution in [3.8, 4) is 115 Å². The number of fused-ring (bicyclic) bond motifs is 22. The largest absolute Gasteiger partial charge is 0.192 e. The van der Waals surface area contributed by atoms with Gasteiger partial charge in [-0.2, -0.15) is 42.1 Å². The van der Waals surface area contributed by atoms with Crippen molar-refractivity contribution >= 4 is 22.3 Å². The zero-order valence-corrected chi connectivity index (χ0v) is 51.6. The van der Waals surface area contributed by atoms with Crippen LogP contribution in [0.15, 0.2) is 144 Å². The molecule has 8 nitrogen and oxygen atoms in total. The van der Waals surface area contributed by atoms with Crippen LogP contribution < -0.4 is 0 Å². The Morgan fingerprint density at radius 2 is 0.404 bits per heavy atom. The number of nitrogens with zero attached hydrogens (tertiary/aromatic N) is 8. The third-order valence-corrected chi connectivity index (χ3v) is 19.6. The lowest BCUT2D eigenvalue weighted by molar-refractivity contribution is 0.590. The highest BCUT2D eigenvalue weighted by atomic mass is 14.6. The maximum absolute atomic E-state index is 10.9. The van der Waals surface area contributed by atoms with Gasteiger partial charge in [0.25, 0.3) is 0 Å². The summed E-state index contributed by atoms with van der Waals surface area (Å²) < 4.78 is 0. The van der Waals surface area contributed by atoms with Crippen molar-refractivity contribution in [2.75, 3.05) is 0 Å². The van der Waals surface area contributed by atoms with Gasteiger partial charge in [0.05, 0.1) is 5.41 Å². The average Bonchev–Trinajstić information content (AvgIpc) is 1.49. The van der Waals surface area contributed by atoms with Crippen LogP contribution in [0.2, 0.25) is 0 Å². The Morgan fingerprint density at radius 3 is 0.573 bits per heavy atom. The molecule has 420 valence electrons. The zero-order chi connectivity index (χ0) is 63.1. The van der Waals surface area contributed by atoms with Crippen LogP contribution in [0.3, 0.4) is 0 Å². The fourth-order valence-corrected chi connectivity index (χ4v) is 15.1. The summed E-state index contributed by atoms with van der Waals surface area (Å²) in [5.74, 6) is 0. The molecule has 89 heavy (non-hydrogen) atoms. The molecule has 0 aliphatic heterocycles. The van der Waals surface area contributed by atoms with Gasteiger partial charge in [0.1, 0.15) is 70.8 Å². The summed E-state index contributed by atoms with van der Waals surface area (Å²) in [6, 6.07) is 61.1. The molecular weight excluding hydrogens is 1080 g/mol. The molecule has 8 aromatic rings. The van der Waals surface area contributed by atoms with Gasteiger partial charge in [0.15, 0.2) is 0 Å². The van der Waals surface area contributed by atoms with Crippen LogP contribution in [-0.4, -0.2) is 0 Å². The molecule has 0 N–H and O–H groups in total. The normalized spacial score (nSPS) is 14.0. The van der Waals surface area contributed by atoms with E-state index in [9.17, 15) is 42.1 Å². The molecule has 6 aliphatic rings. The van der Waals surface area contributed by atoms with Gasteiger partial charge in [-0.25, -0.2) is 0 Å². The van der Waals surface area contributed by atoms with E-state index in [0.717, 1.165) is 156 Å². The smallest absolute Gasteiger partial charge is 0.138 e. The Bertz CT molecular complexity index is 4570. The maximum Gasteiger partial charge on any atom is 0.138 e. The van der Waals surface area contributed by atoms with Gasteiger partial charge in [-0.15, -0.1) is 0 Å². The van der Waals surface area contributed by atoms with Crippen LogP contribution in [0, 0.1) is 90.6 Å². The molecule has 14 rings (SSSR count). The number of nitriles is 8. The fraction of sp³-hybridized carbons (Fsp3) is 0.210. The van der Waals surface area contributed by atoms with Crippen molar-refractivity contribution in [3.05, 3.63) is 233 Å². The second-order valence-corrected chi connectivity index (χ2v) is 28.5. The topological polar surface area (TPSA) is 190 Å². The van der Waals surface area contributed by atoms with Gasteiger partial charge >= 0.3 is 0 Å². The van der Waals surface area contributed by atoms with E-state index in [2.05, 4.69) is 229 Å². The van der Waals surface area contributed by atoms with E-state index in [1.165, 1.54) is 0 Å². The van der Waals surface area contributed by atoms with Crippen molar-refractivity contribution in [2.24, 2.45) is 0 Å². The summed E-state index contributed by atoms with van der Waals surface area (Å²) in [6.45, 7) is 26.0. The Kier molecular flexibility index (Phi) is 11.4. The molecule has 0 saturated heterocycles. The van der Waals surface area contributed by atoms with Crippen LogP contribution in [0.5, 0.6) is 0 Å². The van der Waals surface area contributed by atoms with E-state index in [1.54, 1.807) is 0 Å². The summed E-state index contributed by atoms with van der Waals surface area (Å²) in [5, 5.41) is 86.9. The Balaban J connectivity index is 1.23. The average molecular weight is 1140 g/mol. The molecule has 6 aliphatic carbocycles. The lowest BCUT2D eigenvalue weighted by Gasteiger charge is -2.32. The van der Waals surface area contributed by atoms with Crippen LogP contribution in [0.4, 0.5) is 0 Å². The first-order chi connectivity index (χ1) is 42.3. The SMILES string of the molecule is CC(C)(C)c1ccc2c(c1)-c1cc3c(cc1C2=C(C#N)C#N)-c1cc2c(cc1C31c3cc4c(cc3-c3cc5c(cc31)-c1cc(C(C)(C)C)ccc1C5=C(C#N)C#N)C(=C(C#N)C#N)c1ccc(C(C)(C)C)cc1-4)-c1cc(C(C)(C)C)ccc1C2=C(C#N)C#N. The van der Waals surface area contributed by atoms with E-state index < -0.39 is 5.41 Å². The summed E-state index contributed by atoms with van der Waals surface area (Å²) in [5.41, 5.74) is 24.2. The quantitative estimate of drug-likeness (QED) is 0.134. The number of benzene rings is 8. The van der Waals surface area contributed by atoms with Crippen LogP contribution in [-0.2, 0) is 27.1 Å². The Hall–Kier alpha value is -11.4. The van der Waals surface area contributed by atoms with Crippen molar-refractivity contribution in [3.63, 3.8) is 0 Å². The van der Waals surface area contributed by atoms with Crippen LogP contribution in [0.1, 0.15) is 172 Å². The van der Waals surface area contributed by atoms with E-state index in [-0.39, 0.29) is 44.0 Å². The molecular formula is C81H56N8. The van der Waals surface area contributed by atoms with Crippen molar-refractivity contribution in [1.82, 2.24) is 0 Å². The zero-order valence-electron chi connectivity index (χ0n) is 51.6. The predicted molar refractivity (Wildman–Crippen MR) is 348 cm³/mol. The first-order valence-corrected chi connectivity index (χ1v) is 29.9. The second-order valence-electron chi connectivity index (χ2n) is 28.5. The Morgan fingerprint density at radius 1 is 0.225 bits per heavy atom. The number of hydrogen-bond donors (Lipinski definition) is 0. The standard InChI is InChI=1S/C81H56N8/c1-77(2,3)45-13-17-49-53(21-45)57-29-69-61(25-65(57)73(49)41(33-82)34-83)62-26-66-58(54-22-46(78(4,5)6)14-18-50(54)74(66)42(35-84)36-85)30-70(62)81(69)71-31-59-55-23-47(79(7,8)9)15-19-51(55)75(43(37-86)38-87)67(59)27-63(71)64-28-68-60(32-72(64)81)56-24-48(80(10,11)12)16-20-52(56)76(68)44(39-88)40-89/h13-32H,1-12H3. The Labute approximate surface area is 519 Å². The first-order valence-electron chi connectivity index (χ1n) is 29.9. The van der Waals surface area contributed by atoms with Crippen LogP contribution in [0.25, 0.3) is 89.1 Å². The fourth-order valence-electron chi connectivity index (χ4n) is 15.1. The molecule has 0 radical (unpaired) electrons. The molecule has 1 spiro atoms. The van der Waals surface area contributed by atoms with Gasteiger partial charge in [-0.05, 0) is 250 Å². The van der Waals surface area contributed by atoms with E-state index in [1.807, 2.05) is 24.3 Å². The molecule has 8 aromatic carbocycles. The molecule has 0 aromatic heterocycles. The lowest BCUT2D eigenvalue weighted by atomic mass is 9.68. The molecule has 8 heteroatoms. The van der Waals surface area contributed by atoms with E-state index >= 15 is 0 Å². The number of allylic oxidation sites excluding steroid dienone is 4. The minimum Gasteiger partial charge on any atom is -0.192 e. The van der Waals surface area contributed by atoms with Crippen molar-refractivity contribution in [2.45, 2.75) is 110 Å². The summed E-state index contributed by atoms with van der Waals surface area (Å²) in [4.78, 5) is 0. The third kappa shape index (κ3) is 7.37. The summed E-state index contributed by atoms with van der Waals surface area (Å²) >= 11 is 0. The van der Waals surface area contributed by atoms with Gasteiger partial charge in [-0.3, -0.25) is 0 Å². The minimum absolute atomic E-state index is 0.0152. The molecule has 0 fully saturated rings. The van der Waals surface area contributed by atoms with Gasteiger partial charge in [0.2, 0.25) is 0 Å². The highest BCUT2D eigenvalue weighted by Gasteiger charge is 2.55.